The average Bonchev–Trinajstić information content (AvgIpc) is 3.28. The molecule has 0 radical (unpaired) electrons. The molecular weight excluding hydrogens is 388 g/mol. The van der Waals surface area contributed by atoms with Crippen LogP contribution in [0.25, 0.3) is 0 Å². The highest BCUT2D eigenvalue weighted by atomic mass is 16.6. The maximum absolute atomic E-state index is 13.1. The molecule has 4 rings (SSSR count). The zero-order chi connectivity index (χ0) is 21.3. The molecule has 0 spiro atoms. The number of ether oxygens (including phenoxy) is 2. The molecule has 0 unspecified atom stereocenters. The van der Waals surface area contributed by atoms with Gasteiger partial charge < -0.3 is 14.8 Å². The first-order valence-electron chi connectivity index (χ1n) is 9.69. The first-order chi connectivity index (χ1) is 14.5. The Morgan fingerprint density at radius 1 is 1.13 bits per heavy atom. The molecule has 8 nitrogen and oxygen atoms in total. The van der Waals surface area contributed by atoms with Crippen LogP contribution in [0.4, 0.5) is 5.69 Å². The quantitative estimate of drug-likeness (QED) is 0.763. The predicted molar refractivity (Wildman–Crippen MR) is 105 cm³/mol. The number of rotatable bonds is 5. The second-order valence-corrected chi connectivity index (χ2v) is 6.96. The third-order valence-corrected chi connectivity index (χ3v) is 5.16. The standard InChI is InChI=1S/C22H20N2O6/c1-2-29-21(27)15-9-5-6-10-16(15)23-19(26)17-11-12-18(25)24(17)20-13-7-3-4-8-14(13)22(28)30-20/h3-10,17,20H,2,11-12H2,1H3,(H,23,26)/t17-,20+/m0/s1. The number of anilines is 1. The van der Waals surface area contributed by atoms with E-state index in [1.807, 2.05) is 0 Å². The summed E-state index contributed by atoms with van der Waals surface area (Å²) in [6.07, 6.45) is -0.504. The monoisotopic (exact) mass is 408 g/mol. The van der Waals surface area contributed by atoms with Crippen LogP contribution in [0.2, 0.25) is 0 Å². The predicted octanol–water partition coefficient (Wildman–Crippen LogP) is 2.66. The summed E-state index contributed by atoms with van der Waals surface area (Å²) < 4.78 is 10.5. The van der Waals surface area contributed by atoms with Crippen molar-refractivity contribution in [3.05, 3.63) is 65.2 Å². The van der Waals surface area contributed by atoms with Crippen molar-refractivity contribution in [2.45, 2.75) is 32.0 Å². The molecule has 0 bridgehead atoms. The fourth-order valence-electron chi connectivity index (χ4n) is 3.78. The Morgan fingerprint density at radius 3 is 2.67 bits per heavy atom. The SMILES string of the molecule is CCOC(=O)c1ccccc1NC(=O)[C@@H]1CCC(=O)N1[C@@H]1OC(=O)c2ccccc21. The smallest absolute Gasteiger partial charge is 0.340 e. The Bertz CT molecular complexity index is 1030. The topological polar surface area (TPSA) is 102 Å². The molecule has 154 valence electrons. The van der Waals surface area contributed by atoms with E-state index in [1.54, 1.807) is 55.5 Å². The summed E-state index contributed by atoms with van der Waals surface area (Å²) >= 11 is 0. The first-order valence-corrected chi connectivity index (χ1v) is 9.69. The van der Waals surface area contributed by atoms with Crippen molar-refractivity contribution in [3.8, 4) is 0 Å². The van der Waals surface area contributed by atoms with Gasteiger partial charge in [0.1, 0.15) is 6.04 Å². The number of cyclic esters (lactones) is 1. The van der Waals surface area contributed by atoms with Gasteiger partial charge in [-0.3, -0.25) is 14.5 Å². The van der Waals surface area contributed by atoms with E-state index in [-0.39, 0.29) is 30.9 Å². The average molecular weight is 408 g/mol. The van der Waals surface area contributed by atoms with Crippen molar-refractivity contribution in [1.82, 2.24) is 4.90 Å². The molecule has 2 aliphatic rings. The van der Waals surface area contributed by atoms with Gasteiger partial charge in [0, 0.05) is 12.0 Å². The van der Waals surface area contributed by atoms with Crippen molar-refractivity contribution >= 4 is 29.4 Å². The lowest BCUT2D eigenvalue weighted by Crippen LogP contribution is -2.44. The molecule has 1 saturated heterocycles. The number of carbonyl (C=O) groups excluding carboxylic acids is 4. The van der Waals surface area contributed by atoms with Crippen LogP contribution in [0.3, 0.4) is 0 Å². The van der Waals surface area contributed by atoms with Gasteiger partial charge in [-0.15, -0.1) is 0 Å². The Morgan fingerprint density at radius 2 is 1.87 bits per heavy atom. The van der Waals surface area contributed by atoms with E-state index in [2.05, 4.69) is 5.32 Å². The zero-order valence-corrected chi connectivity index (χ0v) is 16.3. The van der Waals surface area contributed by atoms with Gasteiger partial charge >= 0.3 is 11.9 Å². The molecule has 2 aliphatic heterocycles. The molecule has 2 heterocycles. The van der Waals surface area contributed by atoms with E-state index in [4.69, 9.17) is 9.47 Å². The van der Waals surface area contributed by atoms with Crippen molar-refractivity contribution < 1.29 is 28.7 Å². The minimum atomic E-state index is -0.945. The van der Waals surface area contributed by atoms with Crippen molar-refractivity contribution in [2.75, 3.05) is 11.9 Å². The Hall–Kier alpha value is -3.68. The van der Waals surface area contributed by atoms with Crippen LogP contribution >= 0.6 is 0 Å². The van der Waals surface area contributed by atoms with Crippen molar-refractivity contribution in [1.29, 1.82) is 0 Å². The maximum atomic E-state index is 13.1. The van der Waals surface area contributed by atoms with Gasteiger partial charge in [-0.1, -0.05) is 30.3 Å². The van der Waals surface area contributed by atoms with Crippen LogP contribution in [0.5, 0.6) is 0 Å². The minimum absolute atomic E-state index is 0.161. The van der Waals surface area contributed by atoms with E-state index in [0.717, 1.165) is 0 Å². The summed E-state index contributed by atoms with van der Waals surface area (Å²) in [7, 11) is 0. The Balaban J connectivity index is 1.59. The first kappa shape index (κ1) is 19.6. The third kappa shape index (κ3) is 3.41. The fourth-order valence-corrected chi connectivity index (χ4v) is 3.78. The van der Waals surface area contributed by atoms with Gasteiger partial charge in [-0.25, -0.2) is 9.59 Å². The molecule has 1 fully saturated rings. The van der Waals surface area contributed by atoms with Crippen LogP contribution in [-0.2, 0) is 19.1 Å². The molecule has 0 aliphatic carbocycles. The van der Waals surface area contributed by atoms with Gasteiger partial charge in [0.2, 0.25) is 18.0 Å². The second kappa shape index (κ2) is 7.98. The molecule has 2 aromatic carbocycles. The number of benzene rings is 2. The van der Waals surface area contributed by atoms with Crippen LogP contribution in [0.15, 0.2) is 48.5 Å². The van der Waals surface area contributed by atoms with Gasteiger partial charge in [0.25, 0.3) is 0 Å². The highest BCUT2D eigenvalue weighted by Crippen LogP contribution is 2.38. The van der Waals surface area contributed by atoms with E-state index in [1.165, 1.54) is 4.90 Å². The molecular formula is C22H20N2O6. The number of carbonyl (C=O) groups is 4. The zero-order valence-electron chi connectivity index (χ0n) is 16.3. The molecule has 8 heteroatoms. The van der Waals surface area contributed by atoms with Crippen LogP contribution in [-0.4, -0.2) is 41.3 Å². The van der Waals surface area contributed by atoms with Crippen LogP contribution in [0, 0.1) is 0 Å². The maximum Gasteiger partial charge on any atom is 0.340 e. The normalized spacial score (nSPS) is 20.0. The molecule has 2 amide bonds. The highest BCUT2D eigenvalue weighted by molar-refractivity contribution is 6.04. The third-order valence-electron chi connectivity index (χ3n) is 5.16. The molecule has 1 N–H and O–H groups in total. The lowest BCUT2D eigenvalue weighted by Gasteiger charge is -2.29. The van der Waals surface area contributed by atoms with Gasteiger partial charge in [-0.2, -0.15) is 0 Å². The number of likely N-dealkylation sites (tertiary alicyclic amines) is 1. The summed E-state index contributed by atoms with van der Waals surface area (Å²) in [6.45, 7) is 1.90. The number of para-hydroxylation sites is 1. The summed E-state index contributed by atoms with van der Waals surface area (Å²) in [5.41, 5.74) is 1.46. The van der Waals surface area contributed by atoms with Gasteiger partial charge in [0.05, 0.1) is 23.4 Å². The summed E-state index contributed by atoms with van der Waals surface area (Å²) in [5, 5.41) is 2.73. The molecule has 0 saturated carbocycles. The largest absolute Gasteiger partial charge is 0.462 e. The lowest BCUT2D eigenvalue weighted by molar-refractivity contribution is -0.144. The molecule has 0 aromatic heterocycles. The summed E-state index contributed by atoms with van der Waals surface area (Å²) in [4.78, 5) is 51.3. The number of esters is 2. The van der Waals surface area contributed by atoms with Gasteiger partial charge in [-0.05, 0) is 31.5 Å². The molecule has 2 atom stereocenters. The Labute approximate surface area is 172 Å². The van der Waals surface area contributed by atoms with E-state index >= 15 is 0 Å². The number of hydrogen-bond donors (Lipinski definition) is 1. The van der Waals surface area contributed by atoms with Crippen LogP contribution in [0.1, 0.15) is 52.3 Å². The van der Waals surface area contributed by atoms with Gasteiger partial charge in [0.15, 0.2) is 0 Å². The second-order valence-electron chi connectivity index (χ2n) is 6.96. The van der Waals surface area contributed by atoms with E-state index in [9.17, 15) is 19.2 Å². The van der Waals surface area contributed by atoms with E-state index < -0.39 is 30.1 Å². The van der Waals surface area contributed by atoms with E-state index in [0.29, 0.717) is 16.8 Å². The molecule has 30 heavy (non-hydrogen) atoms. The molecule has 2 aromatic rings. The number of fused-ring (bicyclic) bond motifs is 1. The van der Waals surface area contributed by atoms with Crippen molar-refractivity contribution in [3.63, 3.8) is 0 Å². The summed E-state index contributed by atoms with van der Waals surface area (Å²) in [5.74, 6) is -1.81. The Kier molecular flexibility index (Phi) is 5.22. The number of amides is 2. The fraction of sp³-hybridized carbons (Fsp3) is 0.273. The number of nitrogens with one attached hydrogen (secondary N) is 1. The summed E-state index contributed by atoms with van der Waals surface area (Å²) in [6, 6.07) is 12.5. The number of nitrogens with zero attached hydrogens (tertiary/aromatic N) is 1. The lowest BCUT2D eigenvalue weighted by atomic mass is 10.1. The van der Waals surface area contributed by atoms with Crippen LogP contribution < -0.4 is 5.32 Å². The highest BCUT2D eigenvalue weighted by Gasteiger charge is 2.46. The minimum Gasteiger partial charge on any atom is -0.462 e. The number of hydrogen-bond acceptors (Lipinski definition) is 6. The van der Waals surface area contributed by atoms with Crippen molar-refractivity contribution in [2.24, 2.45) is 0 Å².